The van der Waals surface area contributed by atoms with Gasteiger partial charge in [-0.1, -0.05) is 79.1 Å². The molecule has 4 aliphatic carbocycles. The summed E-state index contributed by atoms with van der Waals surface area (Å²) in [6.07, 6.45) is 12.4. The van der Waals surface area contributed by atoms with Gasteiger partial charge in [-0.25, -0.2) is 19.9 Å². The maximum Gasteiger partial charge on any atom is 0.244 e. The molecule has 3 N–H and O–H groups in total. The lowest BCUT2D eigenvalue weighted by molar-refractivity contribution is -0.117. The molecule has 0 radical (unpaired) electrons. The van der Waals surface area contributed by atoms with Crippen molar-refractivity contribution >= 4 is 91.0 Å². The summed E-state index contributed by atoms with van der Waals surface area (Å²) >= 11 is 31.0. The minimum atomic E-state index is -0.509. The molecular formula is C53H55Cl5N6O6. The highest BCUT2D eigenvalue weighted by Crippen LogP contribution is 2.57. The van der Waals surface area contributed by atoms with Crippen molar-refractivity contribution in [1.29, 1.82) is 0 Å². The smallest absolute Gasteiger partial charge is 0.244 e. The highest BCUT2D eigenvalue weighted by molar-refractivity contribution is 6.66. The molecule has 0 spiro atoms. The number of ether oxygens (including phenoxy) is 4. The molecule has 1 amide bonds. The van der Waals surface area contributed by atoms with Crippen LogP contribution in [0.25, 0.3) is 44.1 Å². The number of hydrogen-bond donors (Lipinski definition) is 2. The van der Waals surface area contributed by atoms with Gasteiger partial charge >= 0.3 is 0 Å². The van der Waals surface area contributed by atoms with Crippen LogP contribution in [0.5, 0.6) is 23.0 Å². The number of amides is 1. The average Bonchev–Trinajstić information content (AvgIpc) is 4.25. The fraction of sp³-hybridized carbons (Fsp3) is 0.358. The van der Waals surface area contributed by atoms with Gasteiger partial charge in [0.1, 0.15) is 34.6 Å². The molecule has 0 aliphatic heterocycles. The number of nitrogens with two attached hydrogens (primary N) is 1. The lowest BCUT2D eigenvalue weighted by atomic mass is 9.94. The Morgan fingerprint density at radius 3 is 1.46 bits per heavy atom. The maximum atomic E-state index is 11.8. The van der Waals surface area contributed by atoms with Crippen molar-refractivity contribution in [3.05, 3.63) is 118 Å². The molecule has 4 fully saturated rings. The molecule has 10 rings (SSSR count). The first kappa shape index (κ1) is 52.6. The second-order valence-corrected chi connectivity index (χ2v) is 19.6. The number of carbonyl (C=O) groups is 2. The van der Waals surface area contributed by atoms with E-state index in [0.29, 0.717) is 77.9 Å². The minimum Gasteiger partial charge on any atom is -0.495 e. The summed E-state index contributed by atoms with van der Waals surface area (Å²) < 4.78 is 21.6. The van der Waals surface area contributed by atoms with Gasteiger partial charge in [-0.3, -0.25) is 9.59 Å². The van der Waals surface area contributed by atoms with Crippen LogP contribution < -0.4 is 30.0 Å². The van der Waals surface area contributed by atoms with Crippen LogP contribution in [0.3, 0.4) is 0 Å². The monoisotopic (exact) mass is 1050 g/mol. The van der Waals surface area contributed by atoms with Crippen molar-refractivity contribution in [2.45, 2.75) is 58.0 Å². The predicted molar refractivity (Wildman–Crippen MR) is 281 cm³/mol. The Morgan fingerprint density at radius 2 is 1.07 bits per heavy atom. The Hall–Kier alpha value is -5.21. The van der Waals surface area contributed by atoms with E-state index < -0.39 is 5.24 Å². The number of nitrogens with one attached hydrogen (secondary N) is 1. The van der Waals surface area contributed by atoms with Crippen LogP contribution >= 0.6 is 58.0 Å². The third kappa shape index (κ3) is 11.1. The van der Waals surface area contributed by atoms with Crippen molar-refractivity contribution in [1.82, 2.24) is 25.3 Å². The van der Waals surface area contributed by atoms with Crippen molar-refractivity contribution in [3.63, 3.8) is 0 Å². The summed E-state index contributed by atoms with van der Waals surface area (Å²) in [6.45, 7) is 6.65. The third-order valence-corrected chi connectivity index (χ3v) is 15.4. The number of carbonyl (C=O) groups excluding carboxylic acids is 2. The molecule has 4 aliphatic rings. The zero-order valence-electron chi connectivity index (χ0n) is 38.4. The molecule has 12 nitrogen and oxygen atoms in total. The zero-order chi connectivity index (χ0) is 49.3. The molecule has 17 heteroatoms. The summed E-state index contributed by atoms with van der Waals surface area (Å²) in [5.74, 6) is 7.33. The van der Waals surface area contributed by atoms with Crippen molar-refractivity contribution in [3.8, 4) is 45.3 Å². The lowest BCUT2D eigenvalue weighted by Crippen LogP contribution is -2.39. The van der Waals surface area contributed by atoms with E-state index in [1.165, 1.54) is 18.9 Å². The number of benzene rings is 4. The van der Waals surface area contributed by atoms with Gasteiger partial charge in [0, 0.05) is 71.4 Å². The minimum absolute atomic E-state index is 0. The molecular weight excluding hydrogens is 994 g/mol. The first-order valence-corrected chi connectivity index (χ1v) is 24.3. The fourth-order valence-electron chi connectivity index (χ4n) is 10.1. The Morgan fingerprint density at radius 1 is 0.657 bits per heavy atom. The van der Waals surface area contributed by atoms with Gasteiger partial charge in [0.15, 0.2) is 0 Å². The Kier molecular flexibility index (Phi) is 16.9. The fourth-order valence-corrected chi connectivity index (χ4v) is 11.6. The first-order chi connectivity index (χ1) is 33.2. The van der Waals surface area contributed by atoms with Crippen LogP contribution in [0, 0.1) is 35.5 Å². The highest BCUT2D eigenvalue weighted by atomic mass is 35.5. The number of aromatic nitrogens is 4. The van der Waals surface area contributed by atoms with Gasteiger partial charge in [-0.15, -0.1) is 0 Å². The Balaban J connectivity index is 0.000000187. The van der Waals surface area contributed by atoms with Crippen molar-refractivity contribution in [2.24, 2.45) is 41.2 Å². The molecule has 4 aromatic carbocycles. The standard InChI is InChI=1S/C26H25Cl2N3O3.C23H23Cl2N3O2.C3H3ClO.CH4/c1-4-23(32)31-19-9-14-8-16(14)17(19)10-22-29-12-15-7-13(5-6-18(15)30-22)24-25(27)20(33-2)11-21(34-3)26(24)28;1-29-18-9-19(30-2)23(25)21(22(18)24)11-3-4-17-13(5-11)10-27-20(28-17)8-15-14-6-12(14)7-16(15)26;1-2-3(4)5;/h4-7,11-12,14,16-17,19H,1,8-10H2,2-3H3,(H,31,32);3-5,9-10,12,14-16H,6-8,26H2,1-2H3;2H,1H2;1H4/t14-,16-,17+,19-;12-,14-,15+,16-;;/m00../s1. The maximum absolute atomic E-state index is 11.8. The van der Waals surface area contributed by atoms with Gasteiger partial charge in [-0.2, -0.15) is 0 Å². The number of allylic oxidation sites excluding steroid dienone is 1. The van der Waals surface area contributed by atoms with Crippen LogP contribution in [-0.2, 0) is 22.4 Å². The summed E-state index contributed by atoms with van der Waals surface area (Å²) in [4.78, 5) is 40.2. The predicted octanol–water partition coefficient (Wildman–Crippen LogP) is 12.2. The second kappa shape index (κ2) is 22.5. The molecule has 70 heavy (non-hydrogen) atoms. The molecule has 4 saturated carbocycles. The van der Waals surface area contributed by atoms with Crippen LogP contribution in [0.15, 0.2) is 86.2 Å². The number of methoxy groups -OCH3 is 4. The van der Waals surface area contributed by atoms with Crippen LogP contribution in [0.1, 0.15) is 44.8 Å². The number of hydrogen-bond acceptors (Lipinski definition) is 11. The van der Waals surface area contributed by atoms with E-state index in [1.807, 2.05) is 48.8 Å². The molecule has 8 atom stereocenters. The Labute approximate surface area is 433 Å². The van der Waals surface area contributed by atoms with E-state index >= 15 is 0 Å². The molecule has 0 bridgehead atoms. The largest absolute Gasteiger partial charge is 0.495 e. The van der Waals surface area contributed by atoms with E-state index in [-0.39, 0.29) is 25.4 Å². The normalized spacial score (nSPS) is 22.1. The van der Waals surface area contributed by atoms with E-state index in [2.05, 4.69) is 28.4 Å². The topological polar surface area (TPSA) is 161 Å². The van der Waals surface area contributed by atoms with Gasteiger partial charge in [0.25, 0.3) is 0 Å². The molecule has 2 aromatic heterocycles. The quantitative estimate of drug-likeness (QED) is 0.0837. The molecule has 0 unspecified atom stereocenters. The first-order valence-electron chi connectivity index (χ1n) is 22.4. The van der Waals surface area contributed by atoms with E-state index in [0.717, 1.165) is 88.2 Å². The summed E-state index contributed by atoms with van der Waals surface area (Å²) in [6, 6.07) is 15.6. The van der Waals surface area contributed by atoms with E-state index in [1.54, 1.807) is 40.6 Å². The van der Waals surface area contributed by atoms with Gasteiger partial charge < -0.3 is 30.0 Å². The van der Waals surface area contributed by atoms with Crippen molar-refractivity contribution in [2.75, 3.05) is 28.4 Å². The van der Waals surface area contributed by atoms with Gasteiger partial charge in [0.05, 0.1) is 59.6 Å². The second-order valence-electron chi connectivity index (χ2n) is 17.7. The number of fused-ring (bicyclic) bond motifs is 4. The summed E-state index contributed by atoms with van der Waals surface area (Å²) in [5, 5.41) is 6.09. The number of nitrogens with zero attached hydrogens (tertiary/aromatic N) is 4. The third-order valence-electron chi connectivity index (χ3n) is 13.7. The number of rotatable bonds is 13. The number of halogens is 5. The van der Waals surface area contributed by atoms with Gasteiger partial charge in [0.2, 0.25) is 11.1 Å². The average molecular weight is 1050 g/mol. The van der Waals surface area contributed by atoms with Crippen LogP contribution in [0.4, 0.5) is 0 Å². The highest BCUT2D eigenvalue weighted by Gasteiger charge is 2.54. The van der Waals surface area contributed by atoms with Gasteiger partial charge in [-0.05, 0) is 120 Å². The van der Waals surface area contributed by atoms with Crippen LogP contribution in [-0.4, -0.2) is 71.6 Å². The molecule has 0 saturated heterocycles. The SMILES string of the molecule is C.C=CC(=O)Cl.C=CC(=O)N[C@H]1C[C@@H]2C[C@@H]2[C@H]1Cc1ncc2cc(-c3c(Cl)c(OC)cc(OC)c3Cl)ccc2n1.COc1cc(OC)c(Cl)c(-c2ccc3nc(C[C@@H]4[C@H]5C[C@H]5C[C@@H]4N)ncc3c2)c1Cl. The molecule has 6 aromatic rings. The van der Waals surface area contributed by atoms with Crippen LogP contribution in [0.2, 0.25) is 20.1 Å². The molecule has 368 valence electrons. The molecule has 2 heterocycles. The summed E-state index contributed by atoms with van der Waals surface area (Å²) in [7, 11) is 6.23. The lowest BCUT2D eigenvalue weighted by Gasteiger charge is -2.22. The van der Waals surface area contributed by atoms with E-state index in [9.17, 15) is 9.59 Å². The summed E-state index contributed by atoms with van der Waals surface area (Å²) in [5.41, 5.74) is 11.0. The van der Waals surface area contributed by atoms with E-state index in [4.69, 9.17) is 92.7 Å². The zero-order valence-corrected chi connectivity index (χ0v) is 42.2. The Bertz CT molecular complexity index is 2920. The van der Waals surface area contributed by atoms with Crippen molar-refractivity contribution < 1.29 is 28.5 Å².